The fraction of sp³-hybridized carbons (Fsp3) is 0.294. The largest absolute Gasteiger partial charge is 0.351 e. The second-order valence-electron chi connectivity index (χ2n) is 5.96. The molecule has 24 heavy (non-hydrogen) atoms. The lowest BCUT2D eigenvalue weighted by Gasteiger charge is -2.17. The Morgan fingerprint density at radius 3 is 2.96 bits per heavy atom. The minimum Gasteiger partial charge on any atom is -0.351 e. The maximum absolute atomic E-state index is 12.7. The summed E-state index contributed by atoms with van der Waals surface area (Å²) in [6.07, 6.45) is 2.87. The number of amides is 1. The van der Waals surface area contributed by atoms with Crippen LogP contribution in [0.4, 0.5) is 5.69 Å². The van der Waals surface area contributed by atoms with Crippen LogP contribution >= 0.6 is 0 Å². The molecule has 0 aliphatic carbocycles. The molecule has 1 aliphatic rings. The van der Waals surface area contributed by atoms with Gasteiger partial charge in [0.1, 0.15) is 5.82 Å². The molecule has 3 heterocycles. The lowest BCUT2D eigenvalue weighted by Crippen LogP contribution is -2.28. The van der Waals surface area contributed by atoms with Gasteiger partial charge in [-0.2, -0.15) is 0 Å². The number of benzene rings is 1. The quantitative estimate of drug-likeness (QED) is 0.781. The molecule has 0 spiro atoms. The van der Waals surface area contributed by atoms with Gasteiger partial charge in [0.15, 0.2) is 0 Å². The van der Waals surface area contributed by atoms with Gasteiger partial charge in [0.05, 0.1) is 16.6 Å². The second kappa shape index (κ2) is 5.59. The Kier molecular flexibility index (Phi) is 3.41. The highest BCUT2D eigenvalue weighted by Crippen LogP contribution is 2.19. The van der Waals surface area contributed by atoms with Crippen molar-refractivity contribution in [2.45, 2.75) is 32.7 Å². The topological polar surface area (TPSA) is 90.0 Å². The number of nitrogens with zero attached hydrogens (tertiary/aromatic N) is 3. The zero-order valence-electron chi connectivity index (χ0n) is 13.2. The van der Waals surface area contributed by atoms with Gasteiger partial charge in [0.2, 0.25) is 5.76 Å². The van der Waals surface area contributed by atoms with Crippen LogP contribution < -0.4 is 10.9 Å². The Morgan fingerprint density at radius 2 is 2.17 bits per heavy atom. The van der Waals surface area contributed by atoms with E-state index in [9.17, 15) is 9.59 Å². The molecular weight excluding hydrogens is 308 g/mol. The molecule has 0 radical (unpaired) electrons. The van der Waals surface area contributed by atoms with Gasteiger partial charge in [-0.15, -0.1) is 0 Å². The van der Waals surface area contributed by atoms with E-state index in [0.717, 1.165) is 25.1 Å². The highest BCUT2D eigenvalue weighted by Gasteiger charge is 2.16. The summed E-state index contributed by atoms with van der Waals surface area (Å²) >= 11 is 0. The van der Waals surface area contributed by atoms with Crippen molar-refractivity contribution in [1.82, 2.24) is 14.7 Å². The molecule has 3 aromatic rings. The summed E-state index contributed by atoms with van der Waals surface area (Å²) in [5, 5.41) is 6.92. The van der Waals surface area contributed by atoms with Crippen LogP contribution in [-0.2, 0) is 13.0 Å². The smallest absolute Gasteiger partial charge is 0.294 e. The highest BCUT2D eigenvalue weighted by molar-refractivity contribution is 6.03. The molecule has 0 saturated heterocycles. The Labute approximate surface area is 137 Å². The first-order valence-corrected chi connectivity index (χ1v) is 7.90. The van der Waals surface area contributed by atoms with E-state index in [2.05, 4.69) is 15.5 Å². The van der Waals surface area contributed by atoms with Gasteiger partial charge in [0, 0.05) is 24.7 Å². The number of aromatic nitrogens is 3. The molecule has 1 aromatic carbocycles. The maximum atomic E-state index is 12.7. The number of anilines is 1. The first-order valence-electron chi connectivity index (χ1n) is 7.90. The third-order valence-corrected chi connectivity index (χ3v) is 4.17. The molecule has 1 amide bonds. The Morgan fingerprint density at radius 1 is 1.29 bits per heavy atom. The molecule has 1 N–H and O–H groups in total. The monoisotopic (exact) mass is 324 g/mol. The number of rotatable bonds is 2. The molecule has 7 nitrogen and oxygen atoms in total. The first-order chi connectivity index (χ1) is 11.6. The van der Waals surface area contributed by atoms with E-state index in [-0.39, 0.29) is 11.3 Å². The van der Waals surface area contributed by atoms with Crippen molar-refractivity contribution < 1.29 is 9.32 Å². The van der Waals surface area contributed by atoms with Gasteiger partial charge < -0.3 is 9.84 Å². The standard InChI is InChI=1S/C17H16N4O3/c1-10-8-14(24-20-10)16(22)18-11-5-6-13-12(9-11)17(23)21-7-3-2-4-15(21)19-13/h5-6,8-9H,2-4,7H2,1H3,(H,18,22). The molecular formula is C17H16N4O3. The van der Waals surface area contributed by atoms with Crippen molar-refractivity contribution in [3.8, 4) is 0 Å². The minimum atomic E-state index is -0.402. The van der Waals surface area contributed by atoms with Crippen LogP contribution in [0.3, 0.4) is 0 Å². The number of fused-ring (bicyclic) bond motifs is 2. The summed E-state index contributed by atoms with van der Waals surface area (Å²) < 4.78 is 6.68. The molecule has 0 unspecified atom stereocenters. The summed E-state index contributed by atoms with van der Waals surface area (Å²) in [5.74, 6) is 0.571. The second-order valence-corrected chi connectivity index (χ2v) is 5.96. The van der Waals surface area contributed by atoms with Crippen LogP contribution in [0.15, 0.2) is 33.6 Å². The van der Waals surface area contributed by atoms with Crippen molar-refractivity contribution in [2.24, 2.45) is 0 Å². The number of hydrogen-bond acceptors (Lipinski definition) is 5. The van der Waals surface area contributed by atoms with E-state index in [1.165, 1.54) is 0 Å². The van der Waals surface area contributed by atoms with Crippen molar-refractivity contribution >= 4 is 22.5 Å². The zero-order chi connectivity index (χ0) is 16.7. The van der Waals surface area contributed by atoms with Crippen LogP contribution in [0.5, 0.6) is 0 Å². The van der Waals surface area contributed by atoms with Gasteiger partial charge in [0.25, 0.3) is 11.5 Å². The molecule has 1 aliphatic heterocycles. The van der Waals surface area contributed by atoms with E-state index < -0.39 is 5.91 Å². The third-order valence-electron chi connectivity index (χ3n) is 4.17. The van der Waals surface area contributed by atoms with Gasteiger partial charge in [-0.25, -0.2) is 4.98 Å². The van der Waals surface area contributed by atoms with E-state index in [4.69, 9.17) is 4.52 Å². The third kappa shape index (κ3) is 2.47. The number of hydrogen-bond donors (Lipinski definition) is 1. The molecule has 122 valence electrons. The Balaban J connectivity index is 1.71. The van der Waals surface area contributed by atoms with E-state index in [0.29, 0.717) is 28.8 Å². The molecule has 7 heteroatoms. The number of carbonyl (C=O) groups excluding carboxylic acids is 1. The fourth-order valence-electron chi connectivity index (χ4n) is 2.98. The van der Waals surface area contributed by atoms with Gasteiger partial charge >= 0.3 is 0 Å². The molecule has 0 saturated carbocycles. The highest BCUT2D eigenvalue weighted by atomic mass is 16.5. The minimum absolute atomic E-state index is 0.0543. The summed E-state index contributed by atoms with van der Waals surface area (Å²) in [5.41, 5.74) is 1.76. The molecule has 0 fully saturated rings. The average Bonchev–Trinajstić information content (AvgIpc) is 3.02. The van der Waals surface area contributed by atoms with Crippen LogP contribution in [-0.4, -0.2) is 20.6 Å². The summed E-state index contributed by atoms with van der Waals surface area (Å²) in [7, 11) is 0. The van der Waals surface area contributed by atoms with E-state index >= 15 is 0 Å². The maximum Gasteiger partial charge on any atom is 0.294 e. The van der Waals surface area contributed by atoms with Crippen LogP contribution in [0.2, 0.25) is 0 Å². The number of carbonyl (C=O) groups is 1. The fourth-order valence-corrected chi connectivity index (χ4v) is 2.98. The number of nitrogens with one attached hydrogen (secondary N) is 1. The molecule has 0 bridgehead atoms. The molecule has 2 aromatic heterocycles. The molecule has 4 rings (SSSR count). The summed E-state index contributed by atoms with van der Waals surface area (Å²) in [4.78, 5) is 29.4. The van der Waals surface area contributed by atoms with Crippen molar-refractivity contribution in [1.29, 1.82) is 0 Å². The van der Waals surface area contributed by atoms with Gasteiger partial charge in [-0.05, 0) is 38.0 Å². The summed E-state index contributed by atoms with van der Waals surface area (Å²) in [6, 6.07) is 6.71. The van der Waals surface area contributed by atoms with Crippen molar-refractivity contribution in [3.05, 3.63) is 51.9 Å². The number of aryl methyl sites for hydroxylation is 2. The predicted octanol–water partition coefficient (Wildman–Crippen LogP) is 2.28. The van der Waals surface area contributed by atoms with Gasteiger partial charge in [-0.3, -0.25) is 14.2 Å². The lowest BCUT2D eigenvalue weighted by atomic mass is 10.1. The van der Waals surface area contributed by atoms with E-state index in [1.807, 2.05) is 0 Å². The first kappa shape index (κ1) is 14.6. The predicted molar refractivity (Wildman–Crippen MR) is 88.1 cm³/mol. The molecule has 0 atom stereocenters. The van der Waals surface area contributed by atoms with E-state index in [1.54, 1.807) is 35.8 Å². The average molecular weight is 324 g/mol. The van der Waals surface area contributed by atoms with Crippen LogP contribution in [0.25, 0.3) is 10.9 Å². The van der Waals surface area contributed by atoms with Crippen molar-refractivity contribution in [3.63, 3.8) is 0 Å². The zero-order valence-corrected chi connectivity index (χ0v) is 13.2. The van der Waals surface area contributed by atoms with Crippen molar-refractivity contribution in [2.75, 3.05) is 5.32 Å². The lowest BCUT2D eigenvalue weighted by molar-refractivity contribution is 0.0988. The van der Waals surface area contributed by atoms with Crippen LogP contribution in [0, 0.1) is 6.92 Å². The summed E-state index contributed by atoms with van der Waals surface area (Å²) in [6.45, 7) is 2.44. The normalized spacial score (nSPS) is 13.7. The SMILES string of the molecule is Cc1cc(C(=O)Nc2ccc3nc4n(c(=O)c3c2)CCCC4)on1. The Hall–Kier alpha value is -2.96. The van der Waals surface area contributed by atoms with Crippen LogP contribution in [0.1, 0.15) is 34.9 Å². The van der Waals surface area contributed by atoms with Gasteiger partial charge in [-0.1, -0.05) is 5.16 Å². The Bertz CT molecular complexity index is 1000.